The Kier molecular flexibility index (Phi) is 9.56. The number of rotatable bonds is 5. The number of aryl methyl sites for hydroxylation is 1. The number of pyridine rings is 1. The number of carbonyl (C=O) groups is 3. The van der Waals surface area contributed by atoms with Crippen molar-refractivity contribution in [3.63, 3.8) is 0 Å². The van der Waals surface area contributed by atoms with Gasteiger partial charge in [-0.2, -0.15) is 0 Å². The first-order chi connectivity index (χ1) is 21.1. The summed E-state index contributed by atoms with van der Waals surface area (Å²) in [6.45, 7) is 9.56. The second-order valence-corrected chi connectivity index (χ2v) is 12.7. The van der Waals surface area contributed by atoms with Crippen LogP contribution in [0.4, 0.5) is 20.2 Å². The topological polar surface area (TPSA) is 104 Å². The molecule has 2 aromatic carbocycles. The molecule has 2 aliphatic rings. The van der Waals surface area contributed by atoms with Crippen LogP contribution in [0.5, 0.6) is 0 Å². The lowest BCUT2D eigenvalue weighted by Gasteiger charge is -2.42. The maximum Gasteiger partial charge on any atom is 0.410 e. The van der Waals surface area contributed by atoms with Crippen molar-refractivity contribution in [2.45, 2.75) is 77.7 Å². The average molecular weight is 602 g/mol. The maximum atomic E-state index is 14.5. The highest BCUT2D eigenvalue weighted by Gasteiger charge is 2.38. The molecule has 5 rings (SSSR count). The van der Waals surface area contributed by atoms with E-state index in [1.165, 1.54) is 0 Å². The molecule has 1 unspecified atom stereocenters. The Bertz CT molecular complexity index is 1470. The van der Waals surface area contributed by atoms with E-state index in [9.17, 15) is 14.4 Å². The number of hydrogen-bond donors (Lipinski definition) is 1. The summed E-state index contributed by atoms with van der Waals surface area (Å²) in [4.78, 5) is 50.3. The van der Waals surface area contributed by atoms with E-state index in [1.807, 2.05) is 82.3 Å². The van der Waals surface area contributed by atoms with Crippen LogP contribution >= 0.6 is 0 Å². The number of ether oxygens (including phenoxy) is 2. The minimum absolute atomic E-state index is 0.178. The number of benzene rings is 2. The summed E-state index contributed by atoms with van der Waals surface area (Å²) in [5.41, 5.74) is 1.30. The standard InChI is InChI=1S/C34H43N5O5/c1-24-11-8-14-26-17-18-35-30(29(24)26)39(28-16-10-20-38(22-28)33(42)44-34(2,3)4)32(41)37-19-9-15-27(21-37)36-31(40)43-23-25-12-6-5-7-13-25/h5-8,11-14,17-18,27-28H,9-10,15-16,19-23H2,1-4H3,(H,36,40)/t27?,28-/m1/s1. The molecular weight excluding hydrogens is 558 g/mol. The molecule has 44 heavy (non-hydrogen) atoms. The van der Waals surface area contributed by atoms with Gasteiger partial charge >= 0.3 is 18.2 Å². The Morgan fingerprint density at radius 1 is 0.955 bits per heavy atom. The van der Waals surface area contributed by atoms with Crippen molar-refractivity contribution in [2.24, 2.45) is 0 Å². The van der Waals surface area contributed by atoms with E-state index in [0.717, 1.165) is 47.6 Å². The van der Waals surface area contributed by atoms with Crippen molar-refractivity contribution < 1.29 is 23.9 Å². The quantitative estimate of drug-likeness (QED) is 0.370. The molecule has 234 valence electrons. The first kappa shape index (κ1) is 31.1. The second kappa shape index (κ2) is 13.5. The molecule has 10 heteroatoms. The number of carbonyl (C=O) groups excluding carboxylic acids is 3. The van der Waals surface area contributed by atoms with E-state index < -0.39 is 11.7 Å². The van der Waals surface area contributed by atoms with Crippen molar-refractivity contribution in [3.05, 3.63) is 71.9 Å². The van der Waals surface area contributed by atoms with Crippen LogP contribution in [0.15, 0.2) is 60.8 Å². The summed E-state index contributed by atoms with van der Waals surface area (Å²) < 4.78 is 11.1. The minimum Gasteiger partial charge on any atom is -0.445 e. The molecule has 0 bridgehead atoms. The molecule has 0 spiro atoms. The first-order valence-corrected chi connectivity index (χ1v) is 15.5. The number of nitrogens with one attached hydrogen (secondary N) is 1. The van der Waals surface area contributed by atoms with Gasteiger partial charge in [0.15, 0.2) is 0 Å². The fourth-order valence-electron chi connectivity index (χ4n) is 6.00. The fourth-order valence-corrected chi connectivity index (χ4v) is 6.00. The molecule has 1 aromatic heterocycles. The lowest BCUT2D eigenvalue weighted by Crippen LogP contribution is -2.58. The van der Waals surface area contributed by atoms with Crippen molar-refractivity contribution in [3.8, 4) is 0 Å². The molecule has 0 aliphatic carbocycles. The van der Waals surface area contributed by atoms with Gasteiger partial charge in [0.05, 0.1) is 6.04 Å². The number of piperidine rings is 2. The summed E-state index contributed by atoms with van der Waals surface area (Å²) in [7, 11) is 0. The third kappa shape index (κ3) is 7.59. The molecule has 1 N–H and O–H groups in total. The molecule has 3 heterocycles. The molecule has 2 atom stereocenters. The van der Waals surface area contributed by atoms with Gasteiger partial charge in [-0.15, -0.1) is 0 Å². The molecule has 2 aliphatic heterocycles. The van der Waals surface area contributed by atoms with E-state index in [1.54, 1.807) is 20.9 Å². The van der Waals surface area contributed by atoms with Gasteiger partial charge in [-0.25, -0.2) is 19.4 Å². The van der Waals surface area contributed by atoms with Crippen molar-refractivity contribution in [1.29, 1.82) is 0 Å². The van der Waals surface area contributed by atoms with Gasteiger partial charge in [-0.3, -0.25) is 4.90 Å². The zero-order valence-corrected chi connectivity index (χ0v) is 26.1. The largest absolute Gasteiger partial charge is 0.445 e. The Labute approximate surface area is 259 Å². The molecular formula is C34H43N5O5. The smallest absolute Gasteiger partial charge is 0.410 e. The maximum absolute atomic E-state index is 14.5. The summed E-state index contributed by atoms with van der Waals surface area (Å²) >= 11 is 0. The molecule has 10 nitrogen and oxygen atoms in total. The van der Waals surface area contributed by atoms with Gasteiger partial charge in [0.25, 0.3) is 0 Å². The van der Waals surface area contributed by atoms with Gasteiger partial charge in [0, 0.05) is 43.8 Å². The van der Waals surface area contributed by atoms with E-state index >= 15 is 0 Å². The minimum atomic E-state index is -0.619. The SMILES string of the molecule is Cc1cccc2ccnc(N(C(=O)N3CCCC(NC(=O)OCc4ccccc4)C3)[C@@H]3CCCN(C(=O)OC(C)(C)C)C3)c12. The first-order valence-electron chi connectivity index (χ1n) is 15.5. The normalized spacial score (nSPS) is 18.9. The van der Waals surface area contributed by atoms with Crippen LogP contribution in [0, 0.1) is 6.92 Å². The van der Waals surface area contributed by atoms with Crippen molar-refractivity contribution in [1.82, 2.24) is 20.1 Å². The van der Waals surface area contributed by atoms with E-state index in [4.69, 9.17) is 14.5 Å². The molecule has 2 saturated heterocycles. The monoisotopic (exact) mass is 601 g/mol. The van der Waals surface area contributed by atoms with Crippen LogP contribution in [-0.4, -0.2) is 76.9 Å². The van der Waals surface area contributed by atoms with E-state index in [0.29, 0.717) is 32.0 Å². The zero-order chi connectivity index (χ0) is 31.3. The highest BCUT2D eigenvalue weighted by Crippen LogP contribution is 2.32. The van der Waals surface area contributed by atoms with Crippen LogP contribution in [0.2, 0.25) is 0 Å². The van der Waals surface area contributed by atoms with Crippen LogP contribution in [-0.2, 0) is 16.1 Å². The third-order valence-corrected chi connectivity index (χ3v) is 8.05. The number of urea groups is 1. The highest BCUT2D eigenvalue weighted by atomic mass is 16.6. The number of fused-ring (bicyclic) bond motifs is 1. The number of amides is 4. The van der Waals surface area contributed by atoms with E-state index in [-0.39, 0.29) is 30.8 Å². The van der Waals surface area contributed by atoms with Crippen LogP contribution in [0.25, 0.3) is 10.8 Å². The molecule has 2 fully saturated rings. The second-order valence-electron chi connectivity index (χ2n) is 12.7. The summed E-state index contributed by atoms with van der Waals surface area (Å²) in [6, 6.07) is 16.8. The Balaban J connectivity index is 1.37. The molecule has 0 radical (unpaired) electrons. The fraction of sp³-hybridized carbons (Fsp3) is 0.471. The predicted molar refractivity (Wildman–Crippen MR) is 170 cm³/mol. The number of anilines is 1. The summed E-state index contributed by atoms with van der Waals surface area (Å²) in [5, 5.41) is 4.86. The van der Waals surface area contributed by atoms with Crippen LogP contribution in [0.3, 0.4) is 0 Å². The number of nitrogens with zero attached hydrogens (tertiary/aromatic N) is 4. The van der Waals surface area contributed by atoms with Crippen LogP contribution < -0.4 is 10.2 Å². The van der Waals surface area contributed by atoms with Gasteiger partial charge in [0.2, 0.25) is 0 Å². The van der Waals surface area contributed by atoms with Gasteiger partial charge in [-0.1, -0.05) is 48.5 Å². The lowest BCUT2D eigenvalue weighted by atomic mass is 10.0. The number of aromatic nitrogens is 1. The van der Waals surface area contributed by atoms with Crippen molar-refractivity contribution >= 4 is 34.8 Å². The van der Waals surface area contributed by atoms with Crippen molar-refractivity contribution in [2.75, 3.05) is 31.1 Å². The third-order valence-electron chi connectivity index (χ3n) is 8.05. The molecule has 0 saturated carbocycles. The molecule has 3 aromatic rings. The predicted octanol–water partition coefficient (Wildman–Crippen LogP) is 6.26. The van der Waals surface area contributed by atoms with Gasteiger partial charge in [-0.05, 0) is 76.0 Å². The lowest BCUT2D eigenvalue weighted by molar-refractivity contribution is 0.0197. The summed E-state index contributed by atoms with van der Waals surface area (Å²) in [5.74, 6) is 0.582. The average Bonchev–Trinajstić information content (AvgIpc) is 3.00. The van der Waals surface area contributed by atoms with Crippen LogP contribution in [0.1, 0.15) is 57.6 Å². The van der Waals surface area contributed by atoms with E-state index in [2.05, 4.69) is 5.32 Å². The number of alkyl carbamates (subject to hydrolysis) is 1. The van der Waals surface area contributed by atoms with Gasteiger partial charge < -0.3 is 24.6 Å². The Hall–Kier alpha value is -4.34. The number of likely N-dealkylation sites (tertiary alicyclic amines) is 2. The summed E-state index contributed by atoms with van der Waals surface area (Å²) in [6.07, 6.45) is 3.77. The van der Waals surface area contributed by atoms with Gasteiger partial charge in [0.1, 0.15) is 18.0 Å². The Morgan fingerprint density at radius 2 is 1.70 bits per heavy atom. The Morgan fingerprint density at radius 3 is 2.48 bits per heavy atom. The number of hydrogen-bond acceptors (Lipinski definition) is 6. The zero-order valence-electron chi connectivity index (χ0n) is 26.1. The highest BCUT2D eigenvalue weighted by molar-refractivity contribution is 6.03. The molecule has 4 amide bonds.